The average Bonchev–Trinajstić information content (AvgIpc) is 2.29. The van der Waals surface area contributed by atoms with Crippen molar-refractivity contribution in [3.63, 3.8) is 0 Å². The van der Waals surface area contributed by atoms with Crippen LogP contribution < -0.4 is 5.32 Å². The molecule has 3 atom stereocenters. The van der Waals surface area contributed by atoms with Gasteiger partial charge in [-0.25, -0.2) is 0 Å². The molecule has 2 saturated heterocycles. The first kappa shape index (κ1) is 13.3. The number of piperazine rings is 1. The van der Waals surface area contributed by atoms with Crippen LogP contribution in [-0.2, 0) is 9.47 Å². The van der Waals surface area contributed by atoms with Crippen molar-refractivity contribution in [2.45, 2.75) is 51.5 Å². The van der Waals surface area contributed by atoms with Gasteiger partial charge in [0.15, 0.2) is 6.29 Å². The van der Waals surface area contributed by atoms with Gasteiger partial charge in [-0.1, -0.05) is 0 Å². The second-order valence-electron chi connectivity index (χ2n) is 5.40. The van der Waals surface area contributed by atoms with Crippen LogP contribution in [0.3, 0.4) is 0 Å². The molecule has 3 unspecified atom stereocenters. The molecule has 0 aromatic rings. The molecule has 2 fully saturated rings. The average molecular weight is 242 g/mol. The van der Waals surface area contributed by atoms with Crippen LogP contribution in [0.15, 0.2) is 0 Å². The van der Waals surface area contributed by atoms with Gasteiger partial charge in [-0.2, -0.15) is 0 Å². The molecule has 0 aromatic carbocycles. The highest BCUT2D eigenvalue weighted by molar-refractivity contribution is 4.80. The fourth-order valence-electron chi connectivity index (χ4n) is 2.78. The lowest BCUT2D eigenvalue weighted by Gasteiger charge is -2.36. The van der Waals surface area contributed by atoms with Gasteiger partial charge in [0.2, 0.25) is 0 Å². The van der Waals surface area contributed by atoms with Crippen molar-refractivity contribution in [2.75, 3.05) is 32.8 Å². The summed E-state index contributed by atoms with van der Waals surface area (Å²) in [7, 11) is 0. The van der Waals surface area contributed by atoms with E-state index in [4.69, 9.17) is 9.47 Å². The molecule has 0 bridgehead atoms. The Morgan fingerprint density at radius 1 is 1.24 bits per heavy atom. The smallest absolute Gasteiger partial charge is 0.157 e. The fraction of sp³-hybridized carbons (Fsp3) is 1.00. The van der Waals surface area contributed by atoms with E-state index >= 15 is 0 Å². The summed E-state index contributed by atoms with van der Waals surface area (Å²) in [6.45, 7) is 9.42. The molecule has 0 amide bonds. The van der Waals surface area contributed by atoms with E-state index in [-0.39, 0.29) is 6.29 Å². The van der Waals surface area contributed by atoms with Crippen LogP contribution >= 0.6 is 0 Å². The Hall–Kier alpha value is -0.160. The molecule has 2 rings (SSSR count). The van der Waals surface area contributed by atoms with Crippen LogP contribution in [0.1, 0.15) is 33.1 Å². The summed E-state index contributed by atoms with van der Waals surface area (Å²) in [5.74, 6) is 0. The Labute approximate surface area is 105 Å². The van der Waals surface area contributed by atoms with E-state index < -0.39 is 0 Å². The number of nitrogens with one attached hydrogen (secondary N) is 1. The van der Waals surface area contributed by atoms with Crippen molar-refractivity contribution in [1.82, 2.24) is 10.2 Å². The molecule has 4 heteroatoms. The standard InChI is InChI=1S/C13H26N2O2/c1-11-9-15(10-12(2)14-11)6-8-17-13-5-3-4-7-16-13/h11-14H,3-10H2,1-2H3. The highest BCUT2D eigenvalue weighted by Crippen LogP contribution is 2.13. The normalized spacial score (nSPS) is 36.0. The van der Waals surface area contributed by atoms with Crippen LogP contribution in [0, 0.1) is 0 Å². The van der Waals surface area contributed by atoms with Crippen LogP contribution in [0.2, 0.25) is 0 Å². The van der Waals surface area contributed by atoms with Gasteiger partial charge < -0.3 is 14.8 Å². The van der Waals surface area contributed by atoms with Crippen molar-refractivity contribution in [1.29, 1.82) is 0 Å². The highest BCUT2D eigenvalue weighted by Gasteiger charge is 2.21. The molecule has 0 aromatic heterocycles. The van der Waals surface area contributed by atoms with Gasteiger partial charge in [0, 0.05) is 38.3 Å². The lowest BCUT2D eigenvalue weighted by molar-refractivity contribution is -0.164. The maximum absolute atomic E-state index is 5.77. The maximum atomic E-state index is 5.77. The molecule has 2 heterocycles. The third kappa shape index (κ3) is 4.54. The Kier molecular flexibility index (Phi) is 5.22. The van der Waals surface area contributed by atoms with Crippen LogP contribution in [-0.4, -0.2) is 56.1 Å². The molecular formula is C13H26N2O2. The minimum atomic E-state index is 0.0570. The predicted molar refractivity (Wildman–Crippen MR) is 68.0 cm³/mol. The lowest BCUT2D eigenvalue weighted by Crippen LogP contribution is -2.54. The second kappa shape index (κ2) is 6.69. The molecular weight excluding hydrogens is 216 g/mol. The molecule has 2 aliphatic rings. The lowest BCUT2D eigenvalue weighted by atomic mass is 10.1. The van der Waals surface area contributed by atoms with E-state index in [1.54, 1.807) is 0 Å². The predicted octanol–water partition coefficient (Wildman–Crippen LogP) is 1.21. The molecule has 1 N–H and O–H groups in total. The fourth-order valence-corrected chi connectivity index (χ4v) is 2.78. The second-order valence-corrected chi connectivity index (χ2v) is 5.40. The van der Waals surface area contributed by atoms with Crippen LogP contribution in [0.4, 0.5) is 0 Å². The third-order valence-corrected chi connectivity index (χ3v) is 3.48. The van der Waals surface area contributed by atoms with E-state index in [1.165, 1.54) is 12.8 Å². The van der Waals surface area contributed by atoms with E-state index in [0.29, 0.717) is 12.1 Å². The molecule has 17 heavy (non-hydrogen) atoms. The van der Waals surface area contributed by atoms with Gasteiger partial charge in [-0.3, -0.25) is 4.90 Å². The molecule has 0 aliphatic carbocycles. The van der Waals surface area contributed by atoms with Gasteiger partial charge in [0.1, 0.15) is 0 Å². The Morgan fingerprint density at radius 2 is 2.00 bits per heavy atom. The van der Waals surface area contributed by atoms with Crippen molar-refractivity contribution < 1.29 is 9.47 Å². The number of rotatable bonds is 4. The summed E-state index contributed by atoms with van der Waals surface area (Å²) in [6.07, 6.45) is 3.55. The van der Waals surface area contributed by atoms with Crippen molar-refractivity contribution in [3.8, 4) is 0 Å². The molecule has 0 spiro atoms. The zero-order chi connectivity index (χ0) is 12.1. The minimum Gasteiger partial charge on any atom is -0.353 e. The number of hydrogen-bond acceptors (Lipinski definition) is 4. The van der Waals surface area contributed by atoms with Gasteiger partial charge in [-0.05, 0) is 33.1 Å². The zero-order valence-electron chi connectivity index (χ0n) is 11.2. The van der Waals surface area contributed by atoms with Crippen molar-refractivity contribution >= 4 is 0 Å². The summed E-state index contributed by atoms with van der Waals surface area (Å²) in [5, 5.41) is 3.54. The minimum absolute atomic E-state index is 0.0570. The van der Waals surface area contributed by atoms with Crippen molar-refractivity contribution in [3.05, 3.63) is 0 Å². The molecule has 4 nitrogen and oxygen atoms in total. The molecule has 2 aliphatic heterocycles. The quantitative estimate of drug-likeness (QED) is 0.803. The zero-order valence-corrected chi connectivity index (χ0v) is 11.2. The first-order valence-electron chi connectivity index (χ1n) is 6.95. The topological polar surface area (TPSA) is 33.7 Å². The number of hydrogen-bond donors (Lipinski definition) is 1. The summed E-state index contributed by atoms with van der Waals surface area (Å²) >= 11 is 0. The van der Waals surface area contributed by atoms with Gasteiger partial charge in [0.05, 0.1) is 6.61 Å². The van der Waals surface area contributed by atoms with E-state index in [1.807, 2.05) is 0 Å². The van der Waals surface area contributed by atoms with Gasteiger partial charge in [0.25, 0.3) is 0 Å². The summed E-state index contributed by atoms with van der Waals surface area (Å²) in [5.41, 5.74) is 0. The first-order valence-corrected chi connectivity index (χ1v) is 6.95. The SMILES string of the molecule is CC1CN(CCOC2CCCCO2)CC(C)N1. The third-order valence-electron chi connectivity index (χ3n) is 3.48. The summed E-state index contributed by atoms with van der Waals surface area (Å²) < 4.78 is 11.3. The Balaban J connectivity index is 1.60. The van der Waals surface area contributed by atoms with E-state index in [2.05, 4.69) is 24.1 Å². The number of nitrogens with zero attached hydrogens (tertiary/aromatic N) is 1. The van der Waals surface area contributed by atoms with Gasteiger partial charge >= 0.3 is 0 Å². The highest BCUT2D eigenvalue weighted by atomic mass is 16.7. The Bertz CT molecular complexity index is 209. The van der Waals surface area contributed by atoms with E-state index in [0.717, 1.165) is 39.3 Å². The van der Waals surface area contributed by atoms with Gasteiger partial charge in [-0.15, -0.1) is 0 Å². The number of ether oxygens (including phenoxy) is 2. The monoisotopic (exact) mass is 242 g/mol. The molecule has 0 saturated carbocycles. The first-order chi connectivity index (χ1) is 8.24. The summed E-state index contributed by atoms with van der Waals surface area (Å²) in [4.78, 5) is 2.48. The largest absolute Gasteiger partial charge is 0.353 e. The molecule has 0 radical (unpaired) electrons. The van der Waals surface area contributed by atoms with Crippen LogP contribution in [0.5, 0.6) is 0 Å². The molecule has 100 valence electrons. The maximum Gasteiger partial charge on any atom is 0.157 e. The van der Waals surface area contributed by atoms with Crippen molar-refractivity contribution in [2.24, 2.45) is 0 Å². The van der Waals surface area contributed by atoms with E-state index in [9.17, 15) is 0 Å². The Morgan fingerprint density at radius 3 is 2.65 bits per heavy atom. The summed E-state index contributed by atoms with van der Waals surface area (Å²) in [6, 6.07) is 1.18. The van der Waals surface area contributed by atoms with Crippen LogP contribution in [0.25, 0.3) is 0 Å².